The highest BCUT2D eigenvalue weighted by Crippen LogP contribution is 1.93. The van der Waals surface area contributed by atoms with Gasteiger partial charge in [-0.15, -0.1) is 0 Å². The van der Waals surface area contributed by atoms with Crippen LogP contribution in [0.4, 0.5) is 0 Å². The van der Waals surface area contributed by atoms with Gasteiger partial charge in [0.25, 0.3) is 0 Å². The molecule has 0 bridgehead atoms. The number of rotatable bonds is 2. The lowest BCUT2D eigenvalue weighted by Gasteiger charge is -2.05. The smallest absolute Gasteiger partial charge is 0.188 e. The fourth-order valence-electron chi connectivity index (χ4n) is 0.303. The maximum absolute atomic E-state index is 8.86. The Morgan fingerprint density at radius 3 is 2.50 bits per heavy atom. The Bertz CT molecular complexity index is 82.5. The Morgan fingerprint density at radius 1 is 1.88 bits per heavy atom. The quantitative estimate of drug-likeness (QED) is 0.565. The van der Waals surface area contributed by atoms with E-state index in [4.69, 9.17) is 5.11 Å². The topological polar surface area (TPSA) is 29.5 Å². The van der Waals surface area contributed by atoms with Crippen molar-refractivity contribution in [3.05, 3.63) is 0 Å². The Labute approximate surface area is 54.5 Å². The molecule has 1 unspecified atom stereocenters. The number of methoxy groups -OCH3 is 1. The fourth-order valence-corrected chi connectivity index (χ4v) is 0.469. The molecular formula is C5H10O2S. The number of hydrogen-bond acceptors (Lipinski definition) is 3. The van der Waals surface area contributed by atoms with E-state index in [1.165, 1.54) is 7.11 Å². The van der Waals surface area contributed by atoms with Gasteiger partial charge < -0.3 is 9.84 Å². The van der Waals surface area contributed by atoms with Crippen molar-refractivity contribution in [1.82, 2.24) is 0 Å². The molecule has 0 aliphatic heterocycles. The average Bonchev–Trinajstić information content (AvgIpc) is 1.84. The highest BCUT2D eigenvalue weighted by Gasteiger charge is 2.05. The lowest BCUT2D eigenvalue weighted by Crippen LogP contribution is -2.18. The molecule has 0 aliphatic carbocycles. The van der Waals surface area contributed by atoms with Crippen molar-refractivity contribution in [2.45, 2.75) is 19.4 Å². The molecule has 0 fully saturated rings. The first-order valence-electron chi connectivity index (χ1n) is 2.48. The normalized spacial score (nSPS) is 12.9. The summed E-state index contributed by atoms with van der Waals surface area (Å²) in [5, 5.41) is 9.13. The van der Waals surface area contributed by atoms with Gasteiger partial charge in [0, 0.05) is 0 Å². The van der Waals surface area contributed by atoms with E-state index >= 15 is 0 Å². The zero-order valence-corrected chi connectivity index (χ0v) is 5.86. The summed E-state index contributed by atoms with van der Waals surface area (Å²) in [6.07, 6.45) is 0.0437. The van der Waals surface area contributed by atoms with Gasteiger partial charge in [-0.05, 0) is 18.6 Å². The number of aliphatic hydroxyl groups is 1. The van der Waals surface area contributed by atoms with Crippen molar-refractivity contribution in [2.24, 2.45) is 0 Å². The molecule has 8 heavy (non-hydrogen) atoms. The predicted molar refractivity (Wildman–Crippen MR) is 35.9 cm³/mol. The van der Waals surface area contributed by atoms with Crippen LogP contribution in [0.5, 0.6) is 0 Å². The Kier molecular flexibility index (Phi) is 3.73. The molecule has 0 radical (unpaired) electrons. The summed E-state index contributed by atoms with van der Waals surface area (Å²) in [5.41, 5.74) is 0. The van der Waals surface area contributed by atoms with E-state index < -0.39 is 6.10 Å². The molecule has 3 heteroatoms. The van der Waals surface area contributed by atoms with E-state index in [1.54, 1.807) is 0 Å². The average molecular weight is 134 g/mol. The first kappa shape index (κ1) is 7.85. The molecule has 0 saturated carbocycles. The highest BCUT2D eigenvalue weighted by atomic mass is 32.1. The molecule has 0 spiro atoms. The van der Waals surface area contributed by atoms with Crippen LogP contribution in [0.2, 0.25) is 0 Å². The summed E-state index contributed by atoms with van der Waals surface area (Å²) in [4.78, 5) is 0. The second kappa shape index (κ2) is 3.80. The summed E-state index contributed by atoms with van der Waals surface area (Å²) in [5.74, 6) is 0. The minimum atomic E-state index is -0.574. The molecule has 2 nitrogen and oxygen atoms in total. The first-order chi connectivity index (χ1) is 3.72. The number of ether oxygens (including phenoxy) is 1. The molecule has 0 aromatic rings. The van der Waals surface area contributed by atoms with E-state index in [0.29, 0.717) is 6.42 Å². The van der Waals surface area contributed by atoms with Gasteiger partial charge in [0.05, 0.1) is 7.11 Å². The summed E-state index contributed by atoms with van der Waals surface area (Å²) >= 11 is 4.60. The van der Waals surface area contributed by atoms with E-state index in [-0.39, 0.29) is 5.05 Å². The third kappa shape index (κ3) is 2.23. The summed E-state index contributed by atoms with van der Waals surface area (Å²) < 4.78 is 4.58. The maximum Gasteiger partial charge on any atom is 0.188 e. The SMILES string of the molecule is CCC(O)C(=S)OC. The van der Waals surface area contributed by atoms with E-state index in [2.05, 4.69) is 17.0 Å². The first-order valence-corrected chi connectivity index (χ1v) is 2.89. The zero-order valence-electron chi connectivity index (χ0n) is 5.05. The number of thiocarbonyl (C=S) groups is 1. The largest absolute Gasteiger partial charge is 0.488 e. The highest BCUT2D eigenvalue weighted by molar-refractivity contribution is 7.80. The van der Waals surface area contributed by atoms with E-state index in [9.17, 15) is 0 Å². The van der Waals surface area contributed by atoms with Crippen molar-refractivity contribution in [3.63, 3.8) is 0 Å². The van der Waals surface area contributed by atoms with Crippen LogP contribution in [0.15, 0.2) is 0 Å². The lowest BCUT2D eigenvalue weighted by atomic mass is 10.3. The van der Waals surface area contributed by atoms with Gasteiger partial charge in [-0.3, -0.25) is 0 Å². The zero-order chi connectivity index (χ0) is 6.57. The molecule has 0 heterocycles. The van der Waals surface area contributed by atoms with Crippen LogP contribution >= 0.6 is 12.2 Å². The summed E-state index contributed by atoms with van der Waals surface area (Å²) in [6, 6.07) is 0. The Hall–Kier alpha value is -0.150. The van der Waals surface area contributed by atoms with Gasteiger partial charge in [-0.1, -0.05) is 6.92 Å². The van der Waals surface area contributed by atoms with E-state index in [1.807, 2.05) is 6.92 Å². The van der Waals surface area contributed by atoms with Crippen LogP contribution in [0.3, 0.4) is 0 Å². The predicted octanol–water partition coefficient (Wildman–Crippen LogP) is 0.731. The third-order valence-corrected chi connectivity index (χ3v) is 1.30. The summed E-state index contributed by atoms with van der Waals surface area (Å²) in [6.45, 7) is 1.84. The van der Waals surface area contributed by atoms with Crippen LogP contribution in [0, 0.1) is 0 Å². The standard InChI is InChI=1S/C5H10O2S/c1-3-4(6)5(8)7-2/h4,6H,3H2,1-2H3. The fraction of sp³-hybridized carbons (Fsp3) is 0.800. The van der Waals surface area contributed by atoms with Gasteiger partial charge in [-0.25, -0.2) is 0 Å². The van der Waals surface area contributed by atoms with Gasteiger partial charge in [0.2, 0.25) is 0 Å². The second-order valence-electron chi connectivity index (χ2n) is 1.45. The molecule has 1 atom stereocenters. The molecule has 0 amide bonds. The summed E-state index contributed by atoms with van der Waals surface area (Å²) in [7, 11) is 1.46. The molecule has 0 aromatic carbocycles. The molecule has 48 valence electrons. The van der Waals surface area contributed by atoms with Crippen molar-refractivity contribution in [3.8, 4) is 0 Å². The van der Waals surface area contributed by atoms with Crippen LogP contribution in [0.1, 0.15) is 13.3 Å². The molecule has 0 aliphatic rings. The molecular weight excluding hydrogens is 124 g/mol. The van der Waals surface area contributed by atoms with Gasteiger partial charge >= 0.3 is 0 Å². The Balaban J connectivity index is 3.46. The second-order valence-corrected chi connectivity index (χ2v) is 1.85. The van der Waals surface area contributed by atoms with Gasteiger partial charge in [-0.2, -0.15) is 0 Å². The molecule has 0 saturated heterocycles. The van der Waals surface area contributed by atoms with Crippen molar-refractivity contribution in [1.29, 1.82) is 0 Å². The van der Waals surface area contributed by atoms with Crippen LogP contribution in [-0.2, 0) is 4.74 Å². The van der Waals surface area contributed by atoms with Crippen molar-refractivity contribution in [2.75, 3.05) is 7.11 Å². The molecule has 1 N–H and O–H groups in total. The lowest BCUT2D eigenvalue weighted by molar-refractivity contribution is 0.206. The van der Waals surface area contributed by atoms with E-state index in [0.717, 1.165) is 0 Å². The monoisotopic (exact) mass is 134 g/mol. The van der Waals surface area contributed by atoms with Crippen molar-refractivity contribution < 1.29 is 9.84 Å². The van der Waals surface area contributed by atoms with Crippen LogP contribution in [0.25, 0.3) is 0 Å². The number of aliphatic hydroxyl groups excluding tert-OH is 1. The maximum atomic E-state index is 8.86. The van der Waals surface area contributed by atoms with Crippen LogP contribution < -0.4 is 0 Å². The minimum Gasteiger partial charge on any atom is -0.488 e. The van der Waals surface area contributed by atoms with Gasteiger partial charge in [0.1, 0.15) is 6.10 Å². The van der Waals surface area contributed by atoms with Gasteiger partial charge in [0.15, 0.2) is 5.05 Å². The van der Waals surface area contributed by atoms with Crippen LogP contribution in [-0.4, -0.2) is 23.4 Å². The Morgan fingerprint density at radius 2 is 2.38 bits per heavy atom. The number of hydrogen-bond donors (Lipinski definition) is 1. The third-order valence-electron chi connectivity index (χ3n) is 0.860. The molecule has 0 rings (SSSR count). The molecule has 0 aromatic heterocycles. The minimum absolute atomic E-state index is 0.271. The van der Waals surface area contributed by atoms with Crippen molar-refractivity contribution >= 4 is 17.3 Å².